The maximum Gasteiger partial charge on any atom is 0.0721 e. The van der Waals surface area contributed by atoms with E-state index in [1.165, 1.54) is 11.1 Å². The summed E-state index contributed by atoms with van der Waals surface area (Å²) in [6.07, 6.45) is 1.16. The molecule has 0 saturated heterocycles. The molecule has 1 N–H and O–H groups in total. The lowest BCUT2D eigenvalue weighted by molar-refractivity contribution is 0.0758. The van der Waals surface area contributed by atoms with Crippen molar-refractivity contribution in [1.82, 2.24) is 5.32 Å². The van der Waals surface area contributed by atoms with E-state index >= 15 is 0 Å². The number of rotatable bonds is 4. The summed E-state index contributed by atoms with van der Waals surface area (Å²) >= 11 is 0. The van der Waals surface area contributed by atoms with Crippen molar-refractivity contribution in [1.29, 1.82) is 0 Å². The van der Waals surface area contributed by atoms with Crippen LogP contribution in [0.1, 0.15) is 44.4 Å². The Morgan fingerprint density at radius 2 is 2.12 bits per heavy atom. The second kappa shape index (κ2) is 5.65. The van der Waals surface area contributed by atoms with Crippen molar-refractivity contribution in [2.45, 2.75) is 45.9 Å². The minimum Gasteiger partial charge on any atom is -0.375 e. The fourth-order valence-electron chi connectivity index (χ4n) is 2.56. The third-order valence-electron chi connectivity index (χ3n) is 3.63. The van der Waals surface area contributed by atoms with Gasteiger partial charge in [0.05, 0.1) is 19.3 Å². The molecule has 0 aliphatic carbocycles. The summed E-state index contributed by atoms with van der Waals surface area (Å²) in [4.78, 5) is 0. The lowest BCUT2D eigenvalue weighted by Gasteiger charge is -2.31. The number of benzene rings is 1. The fraction of sp³-hybridized carbons (Fsp3) is 0.600. The molecule has 0 bridgehead atoms. The van der Waals surface area contributed by atoms with E-state index in [0.29, 0.717) is 18.0 Å². The molecule has 0 spiro atoms. The quantitative estimate of drug-likeness (QED) is 0.861. The van der Waals surface area contributed by atoms with Crippen molar-refractivity contribution >= 4 is 0 Å². The van der Waals surface area contributed by atoms with Crippen LogP contribution in [0.4, 0.5) is 0 Å². The first-order valence-corrected chi connectivity index (χ1v) is 6.64. The Balaban J connectivity index is 2.13. The smallest absolute Gasteiger partial charge is 0.0721 e. The van der Waals surface area contributed by atoms with Gasteiger partial charge in [-0.05, 0) is 23.5 Å². The molecule has 94 valence electrons. The molecule has 1 aromatic carbocycles. The van der Waals surface area contributed by atoms with E-state index < -0.39 is 0 Å². The summed E-state index contributed by atoms with van der Waals surface area (Å²) in [6.45, 7) is 8.34. The number of fused-ring (bicyclic) bond motifs is 1. The molecule has 2 nitrogen and oxygen atoms in total. The molecule has 1 aromatic rings. The molecule has 0 saturated carbocycles. The number of nitrogens with one attached hydrogen (secondary N) is 1. The maximum atomic E-state index is 5.67. The van der Waals surface area contributed by atoms with Crippen LogP contribution in [-0.2, 0) is 11.3 Å². The zero-order valence-electron chi connectivity index (χ0n) is 11.1. The highest BCUT2D eigenvalue weighted by Crippen LogP contribution is 2.25. The Kier molecular flexibility index (Phi) is 4.19. The first-order valence-electron chi connectivity index (χ1n) is 6.64. The molecule has 0 amide bonds. The number of hydrogen-bond acceptors (Lipinski definition) is 2. The van der Waals surface area contributed by atoms with Crippen LogP contribution in [0.25, 0.3) is 0 Å². The minimum absolute atomic E-state index is 0.354. The highest BCUT2D eigenvalue weighted by Gasteiger charge is 2.23. The van der Waals surface area contributed by atoms with Crippen molar-refractivity contribution in [2.24, 2.45) is 5.92 Å². The molecule has 1 aliphatic heterocycles. The normalized spacial score (nSPS) is 21.3. The van der Waals surface area contributed by atoms with Crippen molar-refractivity contribution in [2.75, 3.05) is 6.61 Å². The molecular formula is C15H23NO. The van der Waals surface area contributed by atoms with E-state index in [1.807, 2.05) is 0 Å². The summed E-state index contributed by atoms with van der Waals surface area (Å²) < 4.78 is 5.67. The summed E-state index contributed by atoms with van der Waals surface area (Å²) in [6, 6.07) is 9.52. The first-order chi connectivity index (χ1) is 8.22. The fourth-order valence-corrected chi connectivity index (χ4v) is 2.56. The van der Waals surface area contributed by atoms with Crippen molar-refractivity contribution < 1.29 is 4.74 Å². The lowest BCUT2D eigenvalue weighted by Crippen LogP contribution is -2.39. The minimum atomic E-state index is 0.354. The molecule has 2 rings (SSSR count). The topological polar surface area (TPSA) is 21.3 Å². The van der Waals surface area contributed by atoms with Gasteiger partial charge in [0.1, 0.15) is 0 Å². The van der Waals surface area contributed by atoms with Gasteiger partial charge in [0.2, 0.25) is 0 Å². The van der Waals surface area contributed by atoms with Gasteiger partial charge in [0, 0.05) is 6.04 Å². The van der Waals surface area contributed by atoms with Gasteiger partial charge in [-0.1, -0.05) is 45.0 Å². The zero-order chi connectivity index (χ0) is 12.3. The van der Waals surface area contributed by atoms with E-state index in [4.69, 9.17) is 4.74 Å². The van der Waals surface area contributed by atoms with Gasteiger partial charge in [-0.25, -0.2) is 0 Å². The molecular weight excluding hydrogens is 210 g/mol. The summed E-state index contributed by atoms with van der Waals surface area (Å²) in [5, 5.41) is 3.74. The predicted octanol–water partition coefficient (Wildman–Crippen LogP) is 3.28. The average molecular weight is 233 g/mol. The van der Waals surface area contributed by atoms with Gasteiger partial charge >= 0.3 is 0 Å². The zero-order valence-corrected chi connectivity index (χ0v) is 11.1. The van der Waals surface area contributed by atoms with E-state index in [9.17, 15) is 0 Å². The third-order valence-corrected chi connectivity index (χ3v) is 3.63. The maximum absolute atomic E-state index is 5.67. The van der Waals surface area contributed by atoms with Gasteiger partial charge in [0.25, 0.3) is 0 Å². The SMILES string of the molecule is CCC(NC1COCc2ccccc21)C(C)C. The Hall–Kier alpha value is -0.860. The molecule has 17 heavy (non-hydrogen) atoms. The molecule has 2 unspecified atom stereocenters. The molecule has 2 heteroatoms. The van der Waals surface area contributed by atoms with Gasteiger partial charge in [-0.15, -0.1) is 0 Å². The summed E-state index contributed by atoms with van der Waals surface area (Å²) in [5.74, 6) is 0.661. The van der Waals surface area contributed by atoms with Crippen LogP contribution in [-0.4, -0.2) is 12.6 Å². The van der Waals surface area contributed by atoms with Crippen LogP contribution in [0, 0.1) is 5.92 Å². The van der Waals surface area contributed by atoms with E-state index in [0.717, 1.165) is 19.6 Å². The molecule has 1 heterocycles. The third kappa shape index (κ3) is 2.88. The number of hydrogen-bond donors (Lipinski definition) is 1. The monoisotopic (exact) mass is 233 g/mol. The molecule has 0 aromatic heterocycles. The van der Waals surface area contributed by atoms with Gasteiger partial charge < -0.3 is 10.1 Å². The van der Waals surface area contributed by atoms with Gasteiger partial charge in [-0.2, -0.15) is 0 Å². The van der Waals surface area contributed by atoms with Crippen LogP contribution in [0.3, 0.4) is 0 Å². The van der Waals surface area contributed by atoms with Gasteiger partial charge in [0.15, 0.2) is 0 Å². The van der Waals surface area contributed by atoms with E-state index in [-0.39, 0.29) is 0 Å². The van der Waals surface area contributed by atoms with E-state index in [2.05, 4.69) is 50.4 Å². The highest BCUT2D eigenvalue weighted by molar-refractivity contribution is 5.31. The van der Waals surface area contributed by atoms with Crippen molar-refractivity contribution in [3.8, 4) is 0 Å². The molecule has 2 atom stereocenters. The average Bonchev–Trinajstić information content (AvgIpc) is 2.35. The van der Waals surface area contributed by atoms with Crippen LogP contribution >= 0.6 is 0 Å². The first kappa shape index (κ1) is 12.6. The molecule has 0 fully saturated rings. The second-order valence-electron chi connectivity index (χ2n) is 5.19. The van der Waals surface area contributed by atoms with Crippen molar-refractivity contribution in [3.05, 3.63) is 35.4 Å². The Morgan fingerprint density at radius 1 is 1.35 bits per heavy atom. The Bertz CT molecular complexity index is 362. The van der Waals surface area contributed by atoms with Crippen LogP contribution in [0.15, 0.2) is 24.3 Å². The largest absolute Gasteiger partial charge is 0.375 e. The van der Waals surface area contributed by atoms with Crippen LogP contribution < -0.4 is 5.32 Å². The molecule has 1 aliphatic rings. The number of ether oxygens (including phenoxy) is 1. The lowest BCUT2D eigenvalue weighted by atomic mass is 9.95. The van der Waals surface area contributed by atoms with Crippen LogP contribution in [0.5, 0.6) is 0 Å². The Morgan fingerprint density at radius 3 is 2.82 bits per heavy atom. The molecule has 0 radical (unpaired) electrons. The summed E-state index contributed by atoms with van der Waals surface area (Å²) in [7, 11) is 0. The van der Waals surface area contributed by atoms with Gasteiger partial charge in [-0.3, -0.25) is 0 Å². The Labute approximate surface area is 104 Å². The predicted molar refractivity (Wildman–Crippen MR) is 70.9 cm³/mol. The van der Waals surface area contributed by atoms with Crippen LogP contribution in [0.2, 0.25) is 0 Å². The summed E-state index contributed by atoms with van der Waals surface area (Å²) in [5.41, 5.74) is 2.74. The highest BCUT2D eigenvalue weighted by atomic mass is 16.5. The standard InChI is InChI=1S/C15H23NO/c1-4-14(11(2)3)16-15-10-17-9-12-7-5-6-8-13(12)15/h5-8,11,14-16H,4,9-10H2,1-3H3. The van der Waals surface area contributed by atoms with E-state index in [1.54, 1.807) is 0 Å². The second-order valence-corrected chi connectivity index (χ2v) is 5.19. The van der Waals surface area contributed by atoms with Crippen molar-refractivity contribution in [3.63, 3.8) is 0 Å².